The molecule has 0 aliphatic heterocycles. The molecule has 3 nitrogen and oxygen atoms in total. The second-order valence-electron chi connectivity index (χ2n) is 7.27. The molecule has 0 spiro atoms. The predicted molar refractivity (Wildman–Crippen MR) is 108 cm³/mol. The molecule has 0 amide bonds. The summed E-state index contributed by atoms with van der Waals surface area (Å²) in [5.41, 5.74) is 3.06. The van der Waals surface area contributed by atoms with Gasteiger partial charge in [-0.3, -0.25) is 0 Å². The van der Waals surface area contributed by atoms with Crippen LogP contribution < -0.4 is 4.74 Å². The normalized spacial score (nSPS) is 11.8. The lowest BCUT2D eigenvalue weighted by Gasteiger charge is -2.20. The van der Waals surface area contributed by atoms with Crippen LogP contribution in [0.5, 0.6) is 11.5 Å². The highest BCUT2D eigenvalue weighted by atomic mass is 35.5. The Balaban J connectivity index is 2.27. The Morgan fingerprint density at radius 1 is 1.20 bits per heavy atom. The molecule has 0 saturated heterocycles. The van der Waals surface area contributed by atoms with E-state index in [4.69, 9.17) is 16.3 Å². The van der Waals surface area contributed by atoms with E-state index in [9.17, 15) is 0 Å². The van der Waals surface area contributed by atoms with Gasteiger partial charge in [0.2, 0.25) is 0 Å². The van der Waals surface area contributed by atoms with E-state index in [-0.39, 0.29) is 5.41 Å². The molecule has 0 atom stereocenters. The van der Waals surface area contributed by atoms with Crippen molar-refractivity contribution in [1.29, 1.82) is 0 Å². The van der Waals surface area contributed by atoms with Gasteiger partial charge in [0.05, 0.1) is 17.0 Å². The van der Waals surface area contributed by atoms with Crippen molar-refractivity contribution in [2.75, 3.05) is 13.6 Å². The molecule has 0 N–H and O–H groups in total. The van der Waals surface area contributed by atoms with E-state index in [1.54, 1.807) is 6.34 Å². The van der Waals surface area contributed by atoms with Crippen LogP contribution in [-0.2, 0) is 5.41 Å². The smallest absolute Gasteiger partial charge is 0.131 e. The number of aryl methyl sites for hydroxylation is 1. The molecule has 2 aromatic rings. The first-order chi connectivity index (χ1) is 11.7. The molecule has 2 aromatic carbocycles. The van der Waals surface area contributed by atoms with Gasteiger partial charge in [0.1, 0.15) is 11.5 Å². The van der Waals surface area contributed by atoms with Gasteiger partial charge in [0, 0.05) is 19.7 Å². The third-order valence-corrected chi connectivity index (χ3v) is 4.37. The summed E-state index contributed by atoms with van der Waals surface area (Å²) in [6.07, 6.45) is 1.79. The van der Waals surface area contributed by atoms with E-state index in [2.05, 4.69) is 44.8 Å². The summed E-state index contributed by atoms with van der Waals surface area (Å²) in [7, 11) is 1.98. The van der Waals surface area contributed by atoms with E-state index < -0.39 is 0 Å². The van der Waals surface area contributed by atoms with E-state index in [1.807, 2.05) is 43.1 Å². The number of hydrogen-bond donors (Lipinski definition) is 0. The Kier molecular flexibility index (Phi) is 6.12. The molecule has 0 bridgehead atoms. The molecule has 0 aromatic heterocycles. The molecule has 0 radical (unpaired) electrons. The van der Waals surface area contributed by atoms with Gasteiger partial charge in [-0.15, -0.1) is 0 Å². The van der Waals surface area contributed by atoms with Crippen LogP contribution in [0.3, 0.4) is 0 Å². The Morgan fingerprint density at radius 3 is 2.56 bits per heavy atom. The van der Waals surface area contributed by atoms with E-state index in [1.165, 1.54) is 5.56 Å². The molecule has 0 aliphatic carbocycles. The molecule has 0 aliphatic rings. The molecule has 0 unspecified atom stereocenters. The lowest BCUT2D eigenvalue weighted by Crippen LogP contribution is -2.14. The van der Waals surface area contributed by atoms with Crippen LogP contribution in [0.15, 0.2) is 41.4 Å². The molecule has 0 heterocycles. The zero-order valence-electron chi connectivity index (χ0n) is 15.9. The molecule has 134 valence electrons. The molecular formula is C21H27ClN2O. The van der Waals surface area contributed by atoms with Crippen molar-refractivity contribution in [3.05, 3.63) is 52.5 Å². The minimum atomic E-state index is 0.0793. The number of ether oxygens (including phenoxy) is 1. The van der Waals surface area contributed by atoms with Crippen LogP contribution in [0, 0.1) is 6.92 Å². The van der Waals surface area contributed by atoms with Crippen molar-refractivity contribution in [1.82, 2.24) is 4.90 Å². The zero-order chi connectivity index (χ0) is 18.6. The third kappa shape index (κ3) is 5.23. The van der Waals surface area contributed by atoms with Crippen molar-refractivity contribution in [2.24, 2.45) is 4.99 Å². The van der Waals surface area contributed by atoms with Crippen molar-refractivity contribution in [3.63, 3.8) is 0 Å². The topological polar surface area (TPSA) is 24.8 Å². The Morgan fingerprint density at radius 2 is 1.92 bits per heavy atom. The molecular weight excluding hydrogens is 332 g/mol. The van der Waals surface area contributed by atoms with Gasteiger partial charge < -0.3 is 9.64 Å². The van der Waals surface area contributed by atoms with Crippen LogP contribution >= 0.6 is 11.6 Å². The van der Waals surface area contributed by atoms with E-state index >= 15 is 0 Å². The first kappa shape index (κ1) is 19.3. The first-order valence-electron chi connectivity index (χ1n) is 8.53. The van der Waals surface area contributed by atoms with Crippen molar-refractivity contribution in [2.45, 2.75) is 40.0 Å². The second-order valence-corrected chi connectivity index (χ2v) is 7.67. The number of benzene rings is 2. The highest BCUT2D eigenvalue weighted by Crippen LogP contribution is 2.35. The summed E-state index contributed by atoms with van der Waals surface area (Å²) in [4.78, 5) is 6.44. The van der Waals surface area contributed by atoms with E-state index in [0.29, 0.717) is 5.02 Å². The van der Waals surface area contributed by atoms with E-state index in [0.717, 1.165) is 29.3 Å². The van der Waals surface area contributed by atoms with Gasteiger partial charge in [0.25, 0.3) is 0 Å². The second kappa shape index (κ2) is 7.92. The molecule has 0 saturated carbocycles. The predicted octanol–water partition coefficient (Wildman–Crippen LogP) is 6.35. The first-order valence-corrected chi connectivity index (χ1v) is 8.91. The van der Waals surface area contributed by atoms with Gasteiger partial charge in [-0.2, -0.15) is 0 Å². The van der Waals surface area contributed by atoms with Crippen LogP contribution in [-0.4, -0.2) is 24.8 Å². The summed E-state index contributed by atoms with van der Waals surface area (Å²) in [5, 5.41) is 0.577. The monoisotopic (exact) mass is 358 g/mol. The fourth-order valence-electron chi connectivity index (χ4n) is 2.25. The van der Waals surface area contributed by atoms with Crippen LogP contribution in [0.4, 0.5) is 5.69 Å². The molecule has 0 fully saturated rings. The maximum Gasteiger partial charge on any atom is 0.131 e. The minimum Gasteiger partial charge on any atom is -0.457 e. The number of aliphatic imine (C=N–C) groups is 1. The maximum atomic E-state index is 6.39. The highest BCUT2D eigenvalue weighted by molar-refractivity contribution is 6.33. The summed E-state index contributed by atoms with van der Waals surface area (Å²) in [6, 6.07) is 12.0. The minimum absolute atomic E-state index is 0.0793. The summed E-state index contributed by atoms with van der Waals surface area (Å²) in [5.74, 6) is 1.56. The Hall–Kier alpha value is -2.00. The molecule has 4 heteroatoms. The summed E-state index contributed by atoms with van der Waals surface area (Å²) >= 11 is 6.39. The van der Waals surface area contributed by atoms with Crippen molar-refractivity contribution in [3.8, 4) is 11.5 Å². The lowest BCUT2D eigenvalue weighted by molar-refractivity contribution is 0.475. The van der Waals surface area contributed by atoms with Crippen LogP contribution in [0.25, 0.3) is 0 Å². The van der Waals surface area contributed by atoms with Gasteiger partial charge in [0.15, 0.2) is 0 Å². The standard InChI is InChI=1S/C21H27ClN2O/c1-7-24(6)14-23-19-11-15(2)20(13-18(19)22)25-17-10-8-9-16(12-17)21(3,4)5/h8-14H,7H2,1-6H3. The Bertz CT molecular complexity index is 763. The van der Waals surface area contributed by atoms with Crippen molar-refractivity contribution >= 4 is 23.6 Å². The Labute approximate surface area is 156 Å². The average molecular weight is 359 g/mol. The maximum absolute atomic E-state index is 6.39. The average Bonchev–Trinajstić information content (AvgIpc) is 2.55. The SMILES string of the molecule is CCN(C)C=Nc1cc(C)c(Oc2cccc(C(C)(C)C)c2)cc1Cl. The summed E-state index contributed by atoms with van der Waals surface area (Å²) < 4.78 is 6.08. The van der Waals surface area contributed by atoms with Gasteiger partial charge >= 0.3 is 0 Å². The quantitative estimate of drug-likeness (QED) is 0.459. The number of nitrogens with zero attached hydrogens (tertiary/aromatic N) is 2. The number of halogens is 1. The van der Waals surface area contributed by atoms with Crippen LogP contribution in [0.2, 0.25) is 5.02 Å². The van der Waals surface area contributed by atoms with Gasteiger partial charge in [-0.25, -0.2) is 4.99 Å². The third-order valence-electron chi connectivity index (χ3n) is 4.07. The lowest BCUT2D eigenvalue weighted by atomic mass is 9.87. The molecule has 25 heavy (non-hydrogen) atoms. The summed E-state index contributed by atoms with van der Waals surface area (Å²) in [6.45, 7) is 11.5. The molecule has 2 rings (SSSR count). The fourth-order valence-corrected chi connectivity index (χ4v) is 2.45. The van der Waals surface area contributed by atoms with Crippen LogP contribution in [0.1, 0.15) is 38.8 Å². The number of rotatable bonds is 5. The fraction of sp³-hybridized carbons (Fsp3) is 0.381. The van der Waals surface area contributed by atoms with Gasteiger partial charge in [-0.05, 0) is 48.6 Å². The highest BCUT2D eigenvalue weighted by Gasteiger charge is 2.15. The zero-order valence-corrected chi connectivity index (χ0v) is 16.7. The van der Waals surface area contributed by atoms with Gasteiger partial charge in [-0.1, -0.05) is 44.5 Å². The number of hydrogen-bond acceptors (Lipinski definition) is 2. The largest absolute Gasteiger partial charge is 0.457 e. The van der Waals surface area contributed by atoms with Crippen molar-refractivity contribution < 1.29 is 4.74 Å².